The molecule has 228 valence electrons. The van der Waals surface area contributed by atoms with E-state index in [1.807, 2.05) is 80.6 Å². The van der Waals surface area contributed by atoms with E-state index in [1.54, 1.807) is 18.4 Å². The van der Waals surface area contributed by atoms with Gasteiger partial charge in [0.2, 0.25) is 0 Å². The number of thiazole rings is 1. The third kappa shape index (κ3) is 6.96. The van der Waals surface area contributed by atoms with Crippen molar-refractivity contribution in [3.05, 3.63) is 122 Å². The maximum atomic E-state index is 14.1. The first-order chi connectivity index (χ1) is 21.1. The third-order valence-electron chi connectivity index (χ3n) is 6.71. The molecule has 7 nitrogen and oxygen atoms in total. The molecule has 1 aromatic heterocycles. The van der Waals surface area contributed by atoms with E-state index in [0.717, 1.165) is 24.5 Å². The second kappa shape index (κ2) is 14.0. The maximum Gasteiger partial charge on any atom is 0.338 e. The highest BCUT2D eigenvalue weighted by molar-refractivity contribution is 9.11. The molecule has 0 fully saturated rings. The number of esters is 1. The molecule has 2 heterocycles. The SMILES string of the molecule is CCOC(=O)C1=C(C)N=c2s/c(=C/c3cc(Br)c(OCc4ccc(Br)cc4)c(Br)c3)c(=O)n2[C@H]1c1ccccc1OC(C)C. The zero-order chi connectivity index (χ0) is 31.5. The Morgan fingerprint density at radius 1 is 1.07 bits per heavy atom. The summed E-state index contributed by atoms with van der Waals surface area (Å²) < 4.78 is 22.2. The molecule has 0 bridgehead atoms. The third-order valence-corrected chi connectivity index (χ3v) is 9.40. The number of halogens is 3. The van der Waals surface area contributed by atoms with Gasteiger partial charge in [-0.15, -0.1) is 0 Å². The summed E-state index contributed by atoms with van der Waals surface area (Å²) in [6, 6.07) is 18.4. The molecule has 0 aliphatic carbocycles. The minimum Gasteiger partial charge on any atom is -0.491 e. The molecular formula is C33H29Br3N2O5S. The van der Waals surface area contributed by atoms with Crippen molar-refractivity contribution in [2.45, 2.75) is 46.4 Å². The van der Waals surface area contributed by atoms with E-state index < -0.39 is 12.0 Å². The van der Waals surface area contributed by atoms with Crippen LogP contribution in [-0.2, 0) is 16.1 Å². The van der Waals surface area contributed by atoms with Crippen LogP contribution in [-0.4, -0.2) is 23.2 Å². The highest BCUT2D eigenvalue weighted by atomic mass is 79.9. The number of hydrogen-bond donors (Lipinski definition) is 0. The minimum atomic E-state index is -0.768. The van der Waals surface area contributed by atoms with Crippen LogP contribution < -0.4 is 24.4 Å². The van der Waals surface area contributed by atoms with E-state index in [4.69, 9.17) is 14.2 Å². The number of benzene rings is 3. The van der Waals surface area contributed by atoms with Gasteiger partial charge in [0.1, 0.15) is 24.1 Å². The van der Waals surface area contributed by atoms with E-state index >= 15 is 0 Å². The lowest BCUT2D eigenvalue weighted by atomic mass is 9.95. The molecule has 1 atom stereocenters. The van der Waals surface area contributed by atoms with Gasteiger partial charge >= 0.3 is 5.97 Å². The smallest absolute Gasteiger partial charge is 0.338 e. The molecule has 44 heavy (non-hydrogen) atoms. The average molecular weight is 805 g/mol. The summed E-state index contributed by atoms with van der Waals surface area (Å²) in [7, 11) is 0. The van der Waals surface area contributed by atoms with Gasteiger partial charge in [-0.1, -0.05) is 57.6 Å². The van der Waals surface area contributed by atoms with E-state index in [9.17, 15) is 9.59 Å². The molecule has 0 radical (unpaired) electrons. The Labute approximate surface area is 284 Å². The Morgan fingerprint density at radius 2 is 1.75 bits per heavy atom. The Kier molecular flexibility index (Phi) is 10.3. The largest absolute Gasteiger partial charge is 0.491 e. The number of hydrogen-bond acceptors (Lipinski definition) is 7. The summed E-state index contributed by atoms with van der Waals surface area (Å²) in [6.45, 7) is 7.98. The topological polar surface area (TPSA) is 79.1 Å². The zero-order valence-electron chi connectivity index (χ0n) is 24.4. The fraction of sp³-hybridized carbons (Fsp3) is 0.242. The van der Waals surface area contributed by atoms with Crippen molar-refractivity contribution in [2.24, 2.45) is 4.99 Å². The van der Waals surface area contributed by atoms with Crippen LogP contribution in [0, 0.1) is 0 Å². The standard InChI is InChI=1S/C33H29Br3N2O5S/c1-5-41-32(40)28-19(4)37-33-38(29(28)23-8-6-7-9-26(23)43-18(2)3)31(39)27(44-33)16-21-14-24(35)30(25(36)15-21)42-17-20-10-12-22(34)13-11-20/h6-16,18,29H,5,17H2,1-4H3/b27-16+/t29-/m0/s1. The lowest BCUT2D eigenvalue weighted by molar-refractivity contribution is -0.139. The molecule has 11 heteroatoms. The van der Waals surface area contributed by atoms with Crippen molar-refractivity contribution >= 4 is 71.2 Å². The van der Waals surface area contributed by atoms with Gasteiger partial charge < -0.3 is 14.2 Å². The predicted molar refractivity (Wildman–Crippen MR) is 183 cm³/mol. The quantitative estimate of drug-likeness (QED) is 0.164. The first-order valence-electron chi connectivity index (χ1n) is 13.9. The van der Waals surface area contributed by atoms with Crippen molar-refractivity contribution in [2.75, 3.05) is 6.61 Å². The highest BCUT2D eigenvalue weighted by Gasteiger charge is 2.35. The fourth-order valence-corrected chi connectivity index (χ4v) is 7.60. The lowest BCUT2D eigenvalue weighted by Crippen LogP contribution is -2.40. The molecule has 1 aliphatic heterocycles. The average Bonchev–Trinajstić information content (AvgIpc) is 3.26. The van der Waals surface area contributed by atoms with Gasteiger partial charge in [-0.3, -0.25) is 9.36 Å². The number of rotatable bonds is 9. The normalized spacial score (nSPS) is 14.8. The van der Waals surface area contributed by atoms with E-state index in [0.29, 0.717) is 44.3 Å². The van der Waals surface area contributed by atoms with Crippen LogP contribution in [0.1, 0.15) is 50.4 Å². The van der Waals surface area contributed by atoms with Crippen molar-refractivity contribution < 1.29 is 19.0 Å². The van der Waals surface area contributed by atoms with Crippen molar-refractivity contribution in [1.29, 1.82) is 0 Å². The molecule has 0 N–H and O–H groups in total. The van der Waals surface area contributed by atoms with Crippen LogP contribution in [0.5, 0.6) is 11.5 Å². The lowest BCUT2D eigenvalue weighted by Gasteiger charge is -2.26. The van der Waals surface area contributed by atoms with Gasteiger partial charge in [0.15, 0.2) is 4.80 Å². The van der Waals surface area contributed by atoms with Gasteiger partial charge in [-0.25, -0.2) is 9.79 Å². The molecule has 0 unspecified atom stereocenters. The molecule has 3 aromatic carbocycles. The summed E-state index contributed by atoms with van der Waals surface area (Å²) in [5.41, 5.74) is 3.04. The number of carbonyl (C=O) groups is 1. The Balaban J connectivity index is 1.58. The maximum absolute atomic E-state index is 14.1. The van der Waals surface area contributed by atoms with Gasteiger partial charge in [0.25, 0.3) is 5.56 Å². The van der Waals surface area contributed by atoms with Crippen LogP contribution >= 0.6 is 59.1 Å². The first kappa shape index (κ1) is 32.4. The molecule has 0 saturated carbocycles. The van der Waals surface area contributed by atoms with E-state index in [-0.39, 0.29) is 18.3 Å². The Hall–Kier alpha value is -2.99. The van der Waals surface area contributed by atoms with Crippen molar-refractivity contribution in [1.82, 2.24) is 4.57 Å². The number of carbonyl (C=O) groups excluding carboxylic acids is 1. The molecule has 5 rings (SSSR count). The van der Waals surface area contributed by atoms with Crippen molar-refractivity contribution in [3.63, 3.8) is 0 Å². The van der Waals surface area contributed by atoms with Crippen LogP contribution in [0.2, 0.25) is 0 Å². The summed E-state index contributed by atoms with van der Waals surface area (Å²) in [4.78, 5) is 32.6. The molecule has 1 aliphatic rings. The highest BCUT2D eigenvalue weighted by Crippen LogP contribution is 2.37. The molecule has 0 spiro atoms. The summed E-state index contributed by atoms with van der Waals surface area (Å²) >= 11 is 12.0. The zero-order valence-corrected chi connectivity index (χ0v) is 30.0. The van der Waals surface area contributed by atoms with Crippen LogP contribution in [0.3, 0.4) is 0 Å². The van der Waals surface area contributed by atoms with Gasteiger partial charge in [-0.05, 0) is 107 Å². The van der Waals surface area contributed by atoms with Crippen molar-refractivity contribution in [3.8, 4) is 11.5 Å². The van der Waals surface area contributed by atoms with Crippen LogP contribution in [0.4, 0.5) is 0 Å². The van der Waals surface area contributed by atoms with E-state index in [2.05, 4.69) is 52.8 Å². The van der Waals surface area contributed by atoms with Gasteiger partial charge in [0, 0.05) is 10.0 Å². The molecule has 0 amide bonds. The summed E-state index contributed by atoms with van der Waals surface area (Å²) in [6.07, 6.45) is 1.70. The summed E-state index contributed by atoms with van der Waals surface area (Å²) in [5, 5.41) is 0. The number of aromatic nitrogens is 1. The summed E-state index contributed by atoms with van der Waals surface area (Å²) in [5.74, 6) is 0.729. The van der Waals surface area contributed by atoms with Gasteiger partial charge in [0.05, 0.1) is 37.5 Å². The second-order valence-electron chi connectivity index (χ2n) is 10.2. The fourth-order valence-electron chi connectivity index (χ4n) is 4.84. The number of ether oxygens (including phenoxy) is 3. The Bertz CT molecular complexity index is 1910. The van der Waals surface area contributed by atoms with Crippen LogP contribution in [0.15, 0.2) is 95.1 Å². The van der Waals surface area contributed by atoms with Gasteiger partial charge in [-0.2, -0.15) is 0 Å². The monoisotopic (exact) mass is 802 g/mol. The number of fused-ring (bicyclic) bond motifs is 1. The number of para-hydroxylation sites is 1. The Morgan fingerprint density at radius 3 is 2.41 bits per heavy atom. The first-order valence-corrected chi connectivity index (χ1v) is 17.1. The van der Waals surface area contributed by atoms with Crippen LogP contribution in [0.25, 0.3) is 6.08 Å². The molecule has 0 saturated heterocycles. The number of nitrogens with zero attached hydrogens (tertiary/aromatic N) is 2. The second-order valence-corrected chi connectivity index (χ2v) is 13.9. The number of allylic oxidation sites excluding steroid dienone is 1. The van der Waals surface area contributed by atoms with E-state index in [1.165, 1.54) is 11.3 Å². The minimum absolute atomic E-state index is 0.109. The molecule has 4 aromatic rings. The molecular weight excluding hydrogens is 776 g/mol. The predicted octanol–water partition coefficient (Wildman–Crippen LogP) is 7.45.